The maximum atomic E-state index is 13.2. The number of hydrogen-bond donors (Lipinski definition) is 3. The number of pyridine rings is 1. The van der Waals surface area contributed by atoms with Gasteiger partial charge in [-0.05, 0) is 36.8 Å². The topological polar surface area (TPSA) is 168 Å². The third-order valence-electron chi connectivity index (χ3n) is 6.63. The Morgan fingerprint density at radius 1 is 1.17 bits per heavy atom. The summed E-state index contributed by atoms with van der Waals surface area (Å²) in [4.78, 5) is 72.9. The number of ketones is 1. The van der Waals surface area contributed by atoms with Crippen molar-refractivity contribution in [2.45, 2.75) is 78.0 Å². The van der Waals surface area contributed by atoms with Crippen molar-refractivity contribution in [1.82, 2.24) is 26.1 Å². The van der Waals surface area contributed by atoms with Gasteiger partial charge in [-0.1, -0.05) is 38.9 Å². The van der Waals surface area contributed by atoms with Crippen LogP contribution in [-0.4, -0.2) is 83.1 Å². The number of nitrogens with one attached hydrogen (secondary N) is 3. The number of oxime groups is 1. The Balaban J connectivity index is 1.50. The summed E-state index contributed by atoms with van der Waals surface area (Å²) in [6.45, 7) is 7.52. The number of nitrogens with zero attached hydrogens (tertiary/aromatic N) is 3. The van der Waals surface area contributed by atoms with E-state index in [9.17, 15) is 24.0 Å². The van der Waals surface area contributed by atoms with Crippen LogP contribution in [0.4, 0.5) is 0 Å². The van der Waals surface area contributed by atoms with Gasteiger partial charge in [0.1, 0.15) is 11.8 Å². The van der Waals surface area contributed by atoms with Gasteiger partial charge < -0.3 is 20.2 Å². The quantitative estimate of drug-likeness (QED) is 0.291. The Hall–Kier alpha value is -3.87. The molecule has 3 N–H and O–H groups in total. The standard InChI is InChI=1S/C28H40N6O7/c1-17(2)14-24(36)30-13-10-25(37)34-21(9-7-12-31-34)27(38)32-26(18(3)4)22(35)16-40-28(39)23-15-20(33-41-23)19-8-5-6-11-29-19/h5-6,8,11,17-18,21,23,26,31H,7,9-10,12-16H2,1-4H3,(H,30,36)(H,32,38)/t21-,23?,26+/m0/s1. The highest BCUT2D eigenvalue weighted by Gasteiger charge is 2.36. The molecule has 224 valence electrons. The maximum Gasteiger partial charge on any atom is 0.351 e. The number of ether oxygens (including phenoxy) is 1. The van der Waals surface area contributed by atoms with Crippen LogP contribution >= 0.6 is 0 Å². The van der Waals surface area contributed by atoms with Crippen LogP contribution in [0.2, 0.25) is 0 Å². The third kappa shape index (κ3) is 9.34. The first-order chi connectivity index (χ1) is 19.6. The molecule has 3 atom stereocenters. The third-order valence-corrected chi connectivity index (χ3v) is 6.63. The van der Waals surface area contributed by atoms with Crippen LogP contribution in [-0.2, 0) is 33.5 Å². The normalized spacial score (nSPS) is 19.3. The fourth-order valence-electron chi connectivity index (χ4n) is 4.50. The molecule has 3 amide bonds. The van der Waals surface area contributed by atoms with E-state index in [-0.39, 0.29) is 43.0 Å². The molecule has 2 aliphatic heterocycles. The number of carbonyl (C=O) groups excluding carboxylic acids is 5. The summed E-state index contributed by atoms with van der Waals surface area (Å²) in [5, 5.41) is 10.7. The summed E-state index contributed by atoms with van der Waals surface area (Å²) in [5.41, 5.74) is 4.05. The summed E-state index contributed by atoms with van der Waals surface area (Å²) in [6.07, 6.45) is 2.25. The van der Waals surface area contributed by atoms with Crippen LogP contribution in [0.3, 0.4) is 0 Å². The zero-order chi connectivity index (χ0) is 29.9. The van der Waals surface area contributed by atoms with Crippen molar-refractivity contribution < 1.29 is 33.5 Å². The Bertz CT molecular complexity index is 1120. The van der Waals surface area contributed by atoms with Crippen LogP contribution in [0, 0.1) is 11.8 Å². The van der Waals surface area contributed by atoms with Crippen LogP contribution in [0.5, 0.6) is 0 Å². The number of hydrazine groups is 1. The Kier molecular flexibility index (Phi) is 11.7. The van der Waals surface area contributed by atoms with Gasteiger partial charge in [-0.3, -0.25) is 29.2 Å². The summed E-state index contributed by atoms with van der Waals surface area (Å²) in [6, 6.07) is 3.54. The van der Waals surface area contributed by atoms with Crippen molar-refractivity contribution in [3.8, 4) is 0 Å². The summed E-state index contributed by atoms with van der Waals surface area (Å²) >= 11 is 0. The fraction of sp³-hybridized carbons (Fsp3) is 0.607. The first-order valence-electron chi connectivity index (χ1n) is 14.0. The van der Waals surface area contributed by atoms with Crippen LogP contribution < -0.4 is 16.1 Å². The molecule has 1 aromatic heterocycles. The Labute approximate surface area is 239 Å². The number of esters is 1. The van der Waals surface area contributed by atoms with Gasteiger partial charge in [0.05, 0.1) is 11.7 Å². The lowest BCUT2D eigenvalue weighted by Gasteiger charge is -2.36. The van der Waals surface area contributed by atoms with Crippen molar-refractivity contribution in [1.29, 1.82) is 0 Å². The zero-order valence-corrected chi connectivity index (χ0v) is 24.1. The minimum Gasteiger partial charge on any atom is -0.455 e. The van der Waals surface area contributed by atoms with Gasteiger partial charge in [-0.25, -0.2) is 10.2 Å². The highest BCUT2D eigenvalue weighted by molar-refractivity contribution is 6.02. The van der Waals surface area contributed by atoms with E-state index in [0.717, 1.165) is 0 Å². The Morgan fingerprint density at radius 3 is 2.63 bits per heavy atom. The molecule has 13 nitrogen and oxygen atoms in total. The van der Waals surface area contributed by atoms with Crippen LogP contribution in [0.1, 0.15) is 65.5 Å². The second kappa shape index (κ2) is 15.2. The lowest BCUT2D eigenvalue weighted by molar-refractivity contribution is -0.159. The van der Waals surface area contributed by atoms with Gasteiger partial charge >= 0.3 is 5.97 Å². The van der Waals surface area contributed by atoms with E-state index in [1.165, 1.54) is 5.01 Å². The molecular formula is C28H40N6O7. The predicted molar refractivity (Wildman–Crippen MR) is 148 cm³/mol. The molecular weight excluding hydrogens is 532 g/mol. The fourth-order valence-corrected chi connectivity index (χ4v) is 4.50. The number of amides is 3. The molecule has 13 heteroatoms. The van der Waals surface area contributed by atoms with Gasteiger partial charge in [0.2, 0.25) is 23.8 Å². The van der Waals surface area contributed by atoms with E-state index in [0.29, 0.717) is 37.2 Å². The van der Waals surface area contributed by atoms with Crippen LogP contribution in [0.15, 0.2) is 29.6 Å². The molecule has 2 aliphatic rings. The SMILES string of the molecule is CC(C)CC(=O)NCCC(=O)N1NCCC[C@H]1C(=O)N[C@@H](C(=O)COC(=O)C1CC(c2ccccn2)=NO1)C(C)C. The summed E-state index contributed by atoms with van der Waals surface area (Å²) in [7, 11) is 0. The molecule has 0 aromatic carbocycles. The molecule has 1 unspecified atom stereocenters. The molecule has 1 aromatic rings. The molecule has 0 radical (unpaired) electrons. The molecule has 3 rings (SSSR count). The molecule has 0 spiro atoms. The molecule has 0 aliphatic carbocycles. The molecule has 41 heavy (non-hydrogen) atoms. The lowest BCUT2D eigenvalue weighted by Crippen LogP contribution is -2.61. The molecule has 1 saturated heterocycles. The summed E-state index contributed by atoms with van der Waals surface area (Å²) < 4.78 is 5.21. The van der Waals surface area contributed by atoms with Gasteiger partial charge in [-0.2, -0.15) is 0 Å². The average molecular weight is 573 g/mol. The summed E-state index contributed by atoms with van der Waals surface area (Å²) in [5.74, 6) is -2.27. The number of Topliss-reactive ketones (excluding diaryl/α,β-unsaturated/α-hetero) is 1. The maximum absolute atomic E-state index is 13.2. The second-order valence-electron chi connectivity index (χ2n) is 10.9. The number of hydrogen-bond acceptors (Lipinski definition) is 10. The van der Waals surface area contributed by atoms with Crippen molar-refractivity contribution in [2.75, 3.05) is 19.7 Å². The monoisotopic (exact) mass is 572 g/mol. The van der Waals surface area contributed by atoms with Gasteiger partial charge in [0.15, 0.2) is 12.4 Å². The van der Waals surface area contributed by atoms with Crippen molar-refractivity contribution in [2.24, 2.45) is 17.0 Å². The molecule has 0 bridgehead atoms. The van der Waals surface area contributed by atoms with Crippen molar-refractivity contribution in [3.05, 3.63) is 30.1 Å². The number of rotatable bonds is 13. The molecule has 3 heterocycles. The van der Waals surface area contributed by atoms with E-state index < -0.39 is 42.5 Å². The van der Waals surface area contributed by atoms with E-state index in [1.54, 1.807) is 38.2 Å². The number of aromatic nitrogens is 1. The zero-order valence-electron chi connectivity index (χ0n) is 24.1. The predicted octanol–water partition coefficient (Wildman–Crippen LogP) is 0.876. The number of carbonyl (C=O) groups is 5. The van der Waals surface area contributed by atoms with E-state index >= 15 is 0 Å². The second-order valence-corrected chi connectivity index (χ2v) is 10.9. The van der Waals surface area contributed by atoms with E-state index in [4.69, 9.17) is 9.57 Å². The van der Waals surface area contributed by atoms with Gasteiger partial charge in [0.25, 0.3) is 0 Å². The van der Waals surface area contributed by atoms with Crippen LogP contribution in [0.25, 0.3) is 0 Å². The highest BCUT2D eigenvalue weighted by Crippen LogP contribution is 2.17. The van der Waals surface area contributed by atoms with Crippen molar-refractivity contribution >= 4 is 35.2 Å². The van der Waals surface area contributed by atoms with Gasteiger partial charge in [-0.15, -0.1) is 0 Å². The van der Waals surface area contributed by atoms with E-state index in [1.807, 2.05) is 13.8 Å². The highest BCUT2D eigenvalue weighted by atomic mass is 16.7. The molecule has 0 saturated carbocycles. The van der Waals surface area contributed by atoms with Gasteiger partial charge in [0, 0.05) is 38.5 Å². The minimum atomic E-state index is -0.991. The lowest BCUT2D eigenvalue weighted by atomic mass is 9.98. The smallest absolute Gasteiger partial charge is 0.351 e. The first-order valence-corrected chi connectivity index (χ1v) is 14.0. The largest absolute Gasteiger partial charge is 0.455 e. The average Bonchev–Trinajstić information content (AvgIpc) is 3.45. The first kappa shape index (κ1) is 31.7. The van der Waals surface area contributed by atoms with E-state index in [2.05, 4.69) is 26.2 Å². The Morgan fingerprint density at radius 2 is 1.95 bits per heavy atom. The van der Waals surface area contributed by atoms with Crippen molar-refractivity contribution in [3.63, 3.8) is 0 Å². The minimum absolute atomic E-state index is 0.0259. The molecule has 1 fully saturated rings.